The van der Waals surface area contributed by atoms with Gasteiger partial charge in [-0.25, -0.2) is 4.98 Å². The van der Waals surface area contributed by atoms with Gasteiger partial charge >= 0.3 is 0 Å². The molecule has 3 heterocycles. The summed E-state index contributed by atoms with van der Waals surface area (Å²) in [6.07, 6.45) is 6.06. The molecule has 24 heavy (non-hydrogen) atoms. The molecule has 0 aliphatic carbocycles. The van der Waals surface area contributed by atoms with Crippen molar-refractivity contribution < 1.29 is 13.9 Å². The monoisotopic (exact) mass is 350 g/mol. The first-order valence-corrected chi connectivity index (χ1v) is 9.15. The lowest BCUT2D eigenvalue weighted by molar-refractivity contribution is 0.00690. The van der Waals surface area contributed by atoms with E-state index in [0.29, 0.717) is 18.1 Å². The number of aromatic amines is 1. The topological polar surface area (TPSA) is 84.2 Å². The minimum absolute atomic E-state index is 0.0956. The van der Waals surface area contributed by atoms with Crippen LogP contribution in [-0.4, -0.2) is 52.3 Å². The van der Waals surface area contributed by atoms with E-state index in [4.69, 9.17) is 9.15 Å². The van der Waals surface area contributed by atoms with Gasteiger partial charge in [-0.05, 0) is 37.8 Å². The van der Waals surface area contributed by atoms with Crippen molar-refractivity contribution in [3.05, 3.63) is 30.0 Å². The third-order valence-corrected chi connectivity index (χ3v) is 4.92. The van der Waals surface area contributed by atoms with Crippen molar-refractivity contribution in [1.82, 2.24) is 20.1 Å². The van der Waals surface area contributed by atoms with Crippen molar-refractivity contribution in [2.75, 3.05) is 20.2 Å². The zero-order valence-corrected chi connectivity index (χ0v) is 14.6. The molecule has 1 aliphatic rings. The molecule has 0 unspecified atom stereocenters. The van der Waals surface area contributed by atoms with Crippen molar-refractivity contribution in [2.45, 2.75) is 42.7 Å². The van der Waals surface area contributed by atoms with Gasteiger partial charge in [0.25, 0.3) is 5.91 Å². The molecule has 130 valence electrons. The lowest BCUT2D eigenvalue weighted by atomic mass is 10.1. The van der Waals surface area contributed by atoms with E-state index in [1.54, 1.807) is 18.0 Å². The molecule has 3 rings (SSSR count). The number of carbonyl (C=O) groups is 1. The van der Waals surface area contributed by atoms with Gasteiger partial charge in [-0.2, -0.15) is 5.10 Å². The third-order valence-electron chi connectivity index (χ3n) is 4.02. The molecule has 0 spiro atoms. The van der Waals surface area contributed by atoms with Crippen LogP contribution in [0.4, 0.5) is 0 Å². The number of hydrogen-bond donors (Lipinski definition) is 1. The Labute approximate surface area is 145 Å². The Balaban J connectivity index is 1.47. The van der Waals surface area contributed by atoms with E-state index in [0.717, 1.165) is 36.8 Å². The van der Waals surface area contributed by atoms with Crippen LogP contribution in [0.5, 0.6) is 0 Å². The van der Waals surface area contributed by atoms with Crippen molar-refractivity contribution in [2.24, 2.45) is 0 Å². The van der Waals surface area contributed by atoms with E-state index in [-0.39, 0.29) is 12.0 Å². The maximum Gasteiger partial charge on any atom is 0.289 e. The summed E-state index contributed by atoms with van der Waals surface area (Å²) in [6.45, 7) is 1.51. The lowest BCUT2D eigenvalue weighted by Gasteiger charge is -2.24. The van der Waals surface area contributed by atoms with E-state index < -0.39 is 0 Å². The fourth-order valence-electron chi connectivity index (χ4n) is 2.64. The number of rotatable bonds is 7. The molecule has 1 amide bonds. The maximum absolute atomic E-state index is 12.4. The quantitative estimate of drug-likeness (QED) is 0.773. The Morgan fingerprint density at radius 1 is 1.46 bits per heavy atom. The molecule has 8 heteroatoms. The van der Waals surface area contributed by atoms with E-state index in [2.05, 4.69) is 15.2 Å². The fraction of sp³-hybridized carbons (Fsp3) is 0.562. The number of nitrogens with one attached hydrogen (secondary N) is 1. The number of thioether (sulfide) groups is 1. The van der Waals surface area contributed by atoms with Crippen molar-refractivity contribution in [3.8, 4) is 0 Å². The van der Waals surface area contributed by atoms with Crippen LogP contribution >= 0.6 is 11.8 Å². The number of H-pyrrole nitrogens is 1. The summed E-state index contributed by atoms with van der Waals surface area (Å²) in [7, 11) is 1.80. The molecule has 1 fully saturated rings. The number of nitrogens with zero attached hydrogens (tertiary/aromatic N) is 3. The van der Waals surface area contributed by atoms with Gasteiger partial charge in [0, 0.05) is 20.2 Å². The highest BCUT2D eigenvalue weighted by Crippen LogP contribution is 2.21. The smallest absolute Gasteiger partial charge is 0.289 e. The summed E-state index contributed by atoms with van der Waals surface area (Å²) in [4.78, 5) is 18.2. The Kier molecular flexibility index (Phi) is 5.92. The van der Waals surface area contributed by atoms with Gasteiger partial charge in [0.1, 0.15) is 12.1 Å². The summed E-state index contributed by atoms with van der Waals surface area (Å²) in [5, 5.41) is 7.29. The molecular weight excluding hydrogens is 328 g/mol. The largest absolute Gasteiger partial charge is 0.455 e. The van der Waals surface area contributed by atoms with E-state index in [1.807, 2.05) is 6.07 Å². The Hall–Kier alpha value is -1.80. The molecule has 0 bridgehead atoms. The first-order chi connectivity index (χ1) is 11.7. The molecular formula is C16H22N4O3S. The van der Waals surface area contributed by atoms with Crippen LogP contribution < -0.4 is 0 Å². The van der Waals surface area contributed by atoms with E-state index >= 15 is 0 Å². The molecule has 0 saturated carbocycles. The van der Waals surface area contributed by atoms with Gasteiger partial charge < -0.3 is 14.1 Å². The standard InChI is InChI=1S/C16H22N4O3S/c1-20(8-7-12-4-2-3-9-22-12)15(21)14-6-5-13(23-14)10-24-16-17-11-18-19-16/h5-6,11-12H,2-4,7-10H2,1H3,(H,17,18,19)/t12-/m1/s1. The summed E-state index contributed by atoms with van der Waals surface area (Å²) in [5.41, 5.74) is 0. The average molecular weight is 350 g/mol. The van der Waals surface area contributed by atoms with Crippen LogP contribution in [-0.2, 0) is 10.5 Å². The molecule has 0 radical (unpaired) electrons. The Bertz CT molecular complexity index is 638. The second-order valence-electron chi connectivity index (χ2n) is 5.85. The van der Waals surface area contributed by atoms with E-state index in [1.165, 1.54) is 24.5 Å². The Morgan fingerprint density at radius 3 is 3.12 bits per heavy atom. The summed E-state index contributed by atoms with van der Waals surface area (Å²) in [5.74, 6) is 1.61. The molecule has 0 aromatic carbocycles. The normalized spacial score (nSPS) is 17.8. The van der Waals surface area contributed by atoms with Crippen LogP contribution in [0.1, 0.15) is 42.0 Å². The van der Waals surface area contributed by atoms with Gasteiger partial charge in [-0.3, -0.25) is 9.89 Å². The molecule has 7 nitrogen and oxygen atoms in total. The molecule has 1 N–H and O–H groups in total. The summed E-state index contributed by atoms with van der Waals surface area (Å²) >= 11 is 1.48. The highest BCUT2D eigenvalue weighted by Gasteiger charge is 2.19. The minimum atomic E-state index is -0.0956. The summed E-state index contributed by atoms with van der Waals surface area (Å²) < 4.78 is 11.4. The minimum Gasteiger partial charge on any atom is -0.455 e. The second kappa shape index (κ2) is 8.34. The molecule has 2 aromatic rings. The first kappa shape index (κ1) is 17.0. The zero-order valence-electron chi connectivity index (χ0n) is 13.7. The zero-order chi connectivity index (χ0) is 16.8. The van der Waals surface area contributed by atoms with E-state index in [9.17, 15) is 4.79 Å². The first-order valence-electron chi connectivity index (χ1n) is 8.16. The van der Waals surface area contributed by atoms with Gasteiger partial charge in [-0.1, -0.05) is 11.8 Å². The fourth-order valence-corrected chi connectivity index (χ4v) is 3.31. The van der Waals surface area contributed by atoms with Gasteiger partial charge in [-0.15, -0.1) is 0 Å². The average Bonchev–Trinajstić information content (AvgIpc) is 3.29. The SMILES string of the molecule is CN(CC[C@H]1CCCCO1)C(=O)c1ccc(CSc2ncn[nH]2)o1. The Morgan fingerprint density at radius 2 is 2.38 bits per heavy atom. The molecule has 1 aliphatic heterocycles. The van der Waals surface area contributed by atoms with Crippen molar-refractivity contribution >= 4 is 17.7 Å². The molecule has 1 saturated heterocycles. The highest BCUT2D eigenvalue weighted by atomic mass is 32.2. The number of carbonyl (C=O) groups excluding carboxylic acids is 1. The van der Waals surface area contributed by atoms with Crippen LogP contribution in [0.25, 0.3) is 0 Å². The van der Waals surface area contributed by atoms with Crippen LogP contribution in [0, 0.1) is 0 Å². The number of hydrogen-bond acceptors (Lipinski definition) is 6. The van der Waals surface area contributed by atoms with Gasteiger partial charge in [0.05, 0.1) is 11.9 Å². The van der Waals surface area contributed by atoms with Crippen LogP contribution in [0.2, 0.25) is 0 Å². The second-order valence-corrected chi connectivity index (χ2v) is 6.81. The van der Waals surface area contributed by atoms with Crippen LogP contribution in [0.3, 0.4) is 0 Å². The van der Waals surface area contributed by atoms with Gasteiger partial charge in [0.2, 0.25) is 0 Å². The summed E-state index contributed by atoms with van der Waals surface area (Å²) in [6, 6.07) is 3.56. The third kappa shape index (κ3) is 4.61. The number of furan rings is 1. The predicted octanol–water partition coefficient (Wildman–Crippen LogP) is 2.72. The maximum atomic E-state index is 12.4. The number of aromatic nitrogens is 3. The van der Waals surface area contributed by atoms with Gasteiger partial charge in [0.15, 0.2) is 10.9 Å². The number of amides is 1. The molecule has 1 atom stereocenters. The lowest BCUT2D eigenvalue weighted by Crippen LogP contribution is -2.31. The predicted molar refractivity (Wildman–Crippen MR) is 89.8 cm³/mol. The highest BCUT2D eigenvalue weighted by molar-refractivity contribution is 7.98. The van der Waals surface area contributed by atoms with Crippen LogP contribution in [0.15, 0.2) is 28.0 Å². The molecule has 2 aromatic heterocycles. The van der Waals surface area contributed by atoms with Crippen molar-refractivity contribution in [1.29, 1.82) is 0 Å². The number of ether oxygens (including phenoxy) is 1. The van der Waals surface area contributed by atoms with Crippen molar-refractivity contribution in [3.63, 3.8) is 0 Å².